The molecule has 0 atom stereocenters. The van der Waals surface area contributed by atoms with Gasteiger partial charge in [0.1, 0.15) is 0 Å². The summed E-state index contributed by atoms with van der Waals surface area (Å²) < 4.78 is 5.45. The second-order valence-electron chi connectivity index (χ2n) is 5.71. The number of nitrogen functional groups attached to an aromatic ring is 1. The molecule has 0 unspecified atom stereocenters. The number of hydrogen-bond acceptors (Lipinski definition) is 3. The van der Waals surface area contributed by atoms with Gasteiger partial charge in [0.25, 0.3) is 0 Å². The predicted octanol–water partition coefficient (Wildman–Crippen LogP) is 2.45. The van der Waals surface area contributed by atoms with Crippen molar-refractivity contribution in [3.05, 3.63) is 23.8 Å². The monoisotopic (exact) mass is 246 g/mol. The molecule has 18 heavy (non-hydrogen) atoms. The van der Waals surface area contributed by atoms with E-state index in [1.165, 1.54) is 37.2 Å². The molecule has 0 bridgehead atoms. The maximum absolute atomic E-state index is 6.07. The van der Waals surface area contributed by atoms with Crippen LogP contribution < -0.4 is 10.6 Å². The van der Waals surface area contributed by atoms with Crippen LogP contribution in [0.4, 0.5) is 11.4 Å². The molecule has 2 aliphatic heterocycles. The van der Waals surface area contributed by atoms with E-state index in [1.807, 2.05) is 0 Å². The van der Waals surface area contributed by atoms with Crippen LogP contribution in [0.1, 0.15) is 25.3 Å². The van der Waals surface area contributed by atoms with Crippen molar-refractivity contribution in [2.75, 3.05) is 36.9 Å². The predicted molar refractivity (Wildman–Crippen MR) is 74.9 cm³/mol. The fourth-order valence-corrected chi connectivity index (χ4v) is 3.17. The molecule has 2 aliphatic rings. The molecule has 1 spiro atoms. The summed E-state index contributed by atoms with van der Waals surface area (Å²) in [5.74, 6) is 0. The molecule has 2 N–H and O–H groups in total. The Kier molecular flexibility index (Phi) is 2.94. The molecule has 0 amide bonds. The van der Waals surface area contributed by atoms with Crippen LogP contribution in [-0.2, 0) is 11.2 Å². The Morgan fingerprint density at radius 3 is 2.61 bits per heavy atom. The largest absolute Gasteiger partial charge is 0.398 e. The number of nitrogens with two attached hydrogens (primary N) is 1. The Labute approximate surface area is 109 Å². The molecule has 0 radical (unpaired) electrons. The van der Waals surface area contributed by atoms with E-state index in [4.69, 9.17) is 10.5 Å². The van der Waals surface area contributed by atoms with E-state index < -0.39 is 0 Å². The van der Waals surface area contributed by atoms with Crippen LogP contribution in [0.25, 0.3) is 0 Å². The molecule has 2 fully saturated rings. The molecule has 2 saturated heterocycles. The first-order valence-corrected chi connectivity index (χ1v) is 6.93. The summed E-state index contributed by atoms with van der Waals surface area (Å²) in [6.45, 7) is 6.35. The lowest BCUT2D eigenvalue weighted by Crippen LogP contribution is -2.58. The van der Waals surface area contributed by atoms with E-state index in [0.717, 1.165) is 25.3 Å². The lowest BCUT2D eigenvalue weighted by molar-refractivity contribution is -0.000188. The SMILES string of the molecule is CCc1ccc(N2CC3(CCOCC3)C2)cc1N. The summed E-state index contributed by atoms with van der Waals surface area (Å²) in [7, 11) is 0. The third kappa shape index (κ3) is 1.97. The van der Waals surface area contributed by atoms with E-state index in [1.54, 1.807) is 0 Å². The number of ether oxygens (including phenoxy) is 1. The Morgan fingerprint density at radius 1 is 1.28 bits per heavy atom. The van der Waals surface area contributed by atoms with Crippen molar-refractivity contribution >= 4 is 11.4 Å². The number of rotatable bonds is 2. The summed E-state index contributed by atoms with van der Waals surface area (Å²) in [5.41, 5.74) is 10.1. The zero-order valence-corrected chi connectivity index (χ0v) is 11.1. The number of benzene rings is 1. The smallest absolute Gasteiger partial charge is 0.0472 e. The number of anilines is 2. The lowest BCUT2D eigenvalue weighted by atomic mass is 9.73. The molecule has 3 rings (SSSR count). The Morgan fingerprint density at radius 2 is 2.00 bits per heavy atom. The van der Waals surface area contributed by atoms with Gasteiger partial charge in [0, 0.05) is 43.1 Å². The molecule has 98 valence electrons. The topological polar surface area (TPSA) is 38.5 Å². The van der Waals surface area contributed by atoms with Crippen molar-refractivity contribution in [3.8, 4) is 0 Å². The van der Waals surface area contributed by atoms with Crippen molar-refractivity contribution in [2.45, 2.75) is 26.2 Å². The van der Waals surface area contributed by atoms with Crippen LogP contribution in [-0.4, -0.2) is 26.3 Å². The Hall–Kier alpha value is -1.22. The van der Waals surface area contributed by atoms with Crippen LogP contribution in [0.5, 0.6) is 0 Å². The third-order valence-corrected chi connectivity index (χ3v) is 4.48. The van der Waals surface area contributed by atoms with Crippen LogP contribution in [0.3, 0.4) is 0 Å². The summed E-state index contributed by atoms with van der Waals surface area (Å²) in [6, 6.07) is 6.51. The second-order valence-corrected chi connectivity index (χ2v) is 5.71. The Bertz CT molecular complexity index is 430. The van der Waals surface area contributed by atoms with Crippen molar-refractivity contribution in [2.24, 2.45) is 5.41 Å². The summed E-state index contributed by atoms with van der Waals surface area (Å²) in [4.78, 5) is 2.45. The lowest BCUT2D eigenvalue weighted by Gasteiger charge is -2.53. The van der Waals surface area contributed by atoms with Gasteiger partial charge in [0.05, 0.1) is 0 Å². The Balaban J connectivity index is 1.69. The average Bonchev–Trinajstić information content (AvgIpc) is 2.37. The molecular weight excluding hydrogens is 224 g/mol. The van der Waals surface area contributed by atoms with Gasteiger partial charge in [0.2, 0.25) is 0 Å². The van der Waals surface area contributed by atoms with Gasteiger partial charge >= 0.3 is 0 Å². The van der Waals surface area contributed by atoms with Gasteiger partial charge in [-0.2, -0.15) is 0 Å². The van der Waals surface area contributed by atoms with E-state index in [-0.39, 0.29) is 0 Å². The van der Waals surface area contributed by atoms with Gasteiger partial charge in [0.15, 0.2) is 0 Å². The highest BCUT2D eigenvalue weighted by atomic mass is 16.5. The quantitative estimate of drug-likeness (QED) is 0.815. The third-order valence-electron chi connectivity index (χ3n) is 4.48. The number of nitrogens with zero attached hydrogens (tertiary/aromatic N) is 1. The van der Waals surface area contributed by atoms with Gasteiger partial charge in [-0.15, -0.1) is 0 Å². The normalized spacial score (nSPS) is 21.9. The molecule has 3 nitrogen and oxygen atoms in total. The summed E-state index contributed by atoms with van der Waals surface area (Å²) >= 11 is 0. The molecule has 0 saturated carbocycles. The highest BCUT2D eigenvalue weighted by Crippen LogP contribution is 2.42. The zero-order valence-electron chi connectivity index (χ0n) is 11.1. The van der Waals surface area contributed by atoms with Crippen molar-refractivity contribution in [3.63, 3.8) is 0 Å². The van der Waals surface area contributed by atoms with Gasteiger partial charge in [-0.3, -0.25) is 0 Å². The van der Waals surface area contributed by atoms with Crippen LogP contribution in [0.2, 0.25) is 0 Å². The fraction of sp³-hybridized carbons (Fsp3) is 0.600. The first-order valence-electron chi connectivity index (χ1n) is 6.93. The van der Waals surface area contributed by atoms with Crippen LogP contribution >= 0.6 is 0 Å². The minimum atomic E-state index is 0.524. The van der Waals surface area contributed by atoms with E-state index >= 15 is 0 Å². The molecule has 2 heterocycles. The molecule has 0 aromatic heterocycles. The van der Waals surface area contributed by atoms with Gasteiger partial charge < -0.3 is 15.4 Å². The first-order chi connectivity index (χ1) is 8.72. The second kappa shape index (κ2) is 4.47. The highest BCUT2D eigenvalue weighted by Gasteiger charge is 2.43. The zero-order chi connectivity index (χ0) is 12.6. The molecule has 1 aromatic carbocycles. The van der Waals surface area contributed by atoms with Crippen molar-refractivity contribution < 1.29 is 4.74 Å². The molecule has 0 aliphatic carbocycles. The molecule has 3 heteroatoms. The first kappa shape index (κ1) is 11.8. The van der Waals surface area contributed by atoms with Gasteiger partial charge in [-0.25, -0.2) is 0 Å². The van der Waals surface area contributed by atoms with E-state index in [9.17, 15) is 0 Å². The van der Waals surface area contributed by atoms with E-state index in [0.29, 0.717) is 5.41 Å². The standard InChI is InChI=1S/C15H22N2O/c1-2-12-3-4-13(9-14(12)16)17-10-15(11-17)5-7-18-8-6-15/h3-4,9H,2,5-8,10-11,16H2,1H3. The van der Waals surface area contributed by atoms with Crippen molar-refractivity contribution in [1.82, 2.24) is 0 Å². The highest BCUT2D eigenvalue weighted by molar-refractivity contribution is 5.61. The van der Waals surface area contributed by atoms with E-state index in [2.05, 4.69) is 30.0 Å². The summed E-state index contributed by atoms with van der Waals surface area (Å²) in [6.07, 6.45) is 3.44. The minimum absolute atomic E-state index is 0.524. The van der Waals surface area contributed by atoms with Crippen LogP contribution in [0, 0.1) is 5.41 Å². The number of aryl methyl sites for hydroxylation is 1. The molecule has 1 aromatic rings. The average molecular weight is 246 g/mol. The van der Waals surface area contributed by atoms with Crippen LogP contribution in [0.15, 0.2) is 18.2 Å². The number of hydrogen-bond donors (Lipinski definition) is 1. The fourth-order valence-electron chi connectivity index (χ4n) is 3.17. The maximum atomic E-state index is 6.07. The minimum Gasteiger partial charge on any atom is -0.398 e. The van der Waals surface area contributed by atoms with Crippen molar-refractivity contribution in [1.29, 1.82) is 0 Å². The van der Waals surface area contributed by atoms with Gasteiger partial charge in [-0.1, -0.05) is 13.0 Å². The summed E-state index contributed by atoms with van der Waals surface area (Å²) in [5, 5.41) is 0. The molecular formula is C15H22N2O. The maximum Gasteiger partial charge on any atom is 0.0472 e. The van der Waals surface area contributed by atoms with Gasteiger partial charge in [-0.05, 0) is 37.0 Å².